The first-order chi connectivity index (χ1) is 14.2. The molecule has 0 atom stereocenters. The second-order valence-electron chi connectivity index (χ2n) is 6.97. The first kappa shape index (κ1) is 21.7. The molecule has 0 aliphatic rings. The van der Waals surface area contributed by atoms with Gasteiger partial charge in [0, 0.05) is 11.3 Å². The molecule has 0 spiro atoms. The van der Waals surface area contributed by atoms with E-state index in [1.54, 1.807) is 12.1 Å². The molecule has 0 fully saturated rings. The van der Waals surface area contributed by atoms with E-state index in [1.165, 1.54) is 7.11 Å². The molecule has 0 N–H and O–H groups in total. The Morgan fingerprint density at radius 2 is 1.80 bits per heavy atom. The molecule has 0 unspecified atom stereocenters. The number of methoxy groups -OCH3 is 1. The summed E-state index contributed by atoms with van der Waals surface area (Å²) in [6.45, 7) is 4.02. The van der Waals surface area contributed by atoms with Crippen molar-refractivity contribution in [2.75, 3.05) is 20.0 Å². The van der Waals surface area contributed by atoms with Gasteiger partial charge in [0.15, 0.2) is 0 Å². The van der Waals surface area contributed by atoms with Crippen molar-refractivity contribution in [3.63, 3.8) is 0 Å². The summed E-state index contributed by atoms with van der Waals surface area (Å²) >= 11 is 0. The second-order valence-corrected chi connectivity index (χ2v) is 8.62. The topological polar surface area (TPSA) is 87.5 Å². The minimum absolute atomic E-state index is 0.110. The van der Waals surface area contributed by atoms with Crippen LogP contribution in [0.25, 0.3) is 16.8 Å². The van der Waals surface area contributed by atoms with Crippen LogP contribution in [0, 0.1) is 13.8 Å². The van der Waals surface area contributed by atoms with Gasteiger partial charge in [0.05, 0.1) is 36.9 Å². The average Bonchev–Trinajstić information content (AvgIpc) is 3.01. The van der Waals surface area contributed by atoms with E-state index in [2.05, 4.69) is 5.10 Å². The molecule has 1 aromatic heterocycles. The molecule has 3 rings (SSSR count). The molecule has 2 aromatic carbocycles. The molecular formula is C22H24N2O5S. The number of hydrogen-bond acceptors (Lipinski definition) is 6. The van der Waals surface area contributed by atoms with Crippen LogP contribution in [0.4, 0.5) is 0 Å². The monoisotopic (exact) mass is 428 g/mol. The normalized spacial score (nSPS) is 11.5. The molecule has 0 aliphatic heterocycles. The molecule has 8 heteroatoms. The zero-order chi connectivity index (χ0) is 21.9. The van der Waals surface area contributed by atoms with E-state index in [0.717, 1.165) is 40.0 Å². The SMILES string of the molecule is COC(=O)c1cccc(-c2c(C)nn(-c3ccc(CCOS(C)(=O)=O)cc3)c2C)c1. The van der Waals surface area contributed by atoms with Crippen LogP contribution in [0.2, 0.25) is 0 Å². The van der Waals surface area contributed by atoms with Crippen LogP contribution in [-0.2, 0) is 25.5 Å². The van der Waals surface area contributed by atoms with Crippen molar-refractivity contribution in [3.05, 3.63) is 71.0 Å². The number of nitrogens with zero attached hydrogens (tertiary/aromatic N) is 2. The number of hydrogen-bond donors (Lipinski definition) is 0. The van der Waals surface area contributed by atoms with E-state index in [0.29, 0.717) is 12.0 Å². The lowest BCUT2D eigenvalue weighted by molar-refractivity contribution is 0.0600. The van der Waals surface area contributed by atoms with E-state index in [-0.39, 0.29) is 12.6 Å². The molecule has 1 heterocycles. The lowest BCUT2D eigenvalue weighted by atomic mass is 10.0. The van der Waals surface area contributed by atoms with Crippen LogP contribution in [-0.4, -0.2) is 44.1 Å². The predicted molar refractivity (Wildman–Crippen MR) is 114 cm³/mol. The predicted octanol–water partition coefficient (Wildman–Crippen LogP) is 3.46. The average molecular weight is 429 g/mol. The Hall–Kier alpha value is -2.97. The van der Waals surface area contributed by atoms with E-state index in [9.17, 15) is 13.2 Å². The maximum Gasteiger partial charge on any atom is 0.337 e. The smallest absolute Gasteiger partial charge is 0.337 e. The molecule has 0 amide bonds. The van der Waals surface area contributed by atoms with Crippen molar-refractivity contribution in [2.24, 2.45) is 0 Å². The van der Waals surface area contributed by atoms with Crippen molar-refractivity contribution < 1.29 is 22.1 Å². The maximum atomic E-state index is 11.9. The van der Waals surface area contributed by atoms with Crippen molar-refractivity contribution in [2.45, 2.75) is 20.3 Å². The van der Waals surface area contributed by atoms with Gasteiger partial charge in [-0.25, -0.2) is 9.48 Å². The van der Waals surface area contributed by atoms with Gasteiger partial charge in [-0.05, 0) is 55.7 Å². The first-order valence-electron chi connectivity index (χ1n) is 9.38. The Morgan fingerprint density at radius 1 is 1.10 bits per heavy atom. The number of aromatic nitrogens is 2. The van der Waals surface area contributed by atoms with Gasteiger partial charge in [0.2, 0.25) is 0 Å². The number of ether oxygens (including phenoxy) is 1. The van der Waals surface area contributed by atoms with Crippen molar-refractivity contribution in [1.29, 1.82) is 0 Å². The number of carbonyl (C=O) groups excluding carboxylic acids is 1. The summed E-state index contributed by atoms with van der Waals surface area (Å²) < 4.78 is 33.6. The number of benzene rings is 2. The summed E-state index contributed by atoms with van der Waals surface area (Å²) in [5.41, 5.74) is 6.00. The van der Waals surface area contributed by atoms with Crippen LogP contribution in [0.3, 0.4) is 0 Å². The van der Waals surface area contributed by atoms with Crippen LogP contribution in [0.15, 0.2) is 48.5 Å². The minimum Gasteiger partial charge on any atom is -0.465 e. The summed E-state index contributed by atoms with van der Waals surface area (Å²) in [6, 6.07) is 15.0. The molecule has 0 bridgehead atoms. The fraction of sp³-hybridized carbons (Fsp3) is 0.273. The molecule has 158 valence electrons. The Bertz CT molecular complexity index is 1160. The minimum atomic E-state index is -3.43. The molecule has 0 saturated carbocycles. The van der Waals surface area contributed by atoms with E-state index < -0.39 is 10.1 Å². The van der Waals surface area contributed by atoms with Gasteiger partial charge >= 0.3 is 5.97 Å². The largest absolute Gasteiger partial charge is 0.465 e. The van der Waals surface area contributed by atoms with E-state index in [1.807, 2.05) is 54.9 Å². The number of carbonyl (C=O) groups is 1. The van der Waals surface area contributed by atoms with E-state index >= 15 is 0 Å². The van der Waals surface area contributed by atoms with Gasteiger partial charge in [0.25, 0.3) is 10.1 Å². The zero-order valence-corrected chi connectivity index (χ0v) is 18.2. The molecule has 3 aromatic rings. The van der Waals surface area contributed by atoms with Gasteiger partial charge in [-0.2, -0.15) is 13.5 Å². The summed E-state index contributed by atoms with van der Waals surface area (Å²) in [5, 5.41) is 4.67. The third-order valence-electron chi connectivity index (χ3n) is 4.73. The summed E-state index contributed by atoms with van der Waals surface area (Å²) in [6.07, 6.45) is 1.54. The van der Waals surface area contributed by atoms with Crippen LogP contribution >= 0.6 is 0 Å². The molecule has 0 saturated heterocycles. The van der Waals surface area contributed by atoms with Crippen LogP contribution in [0.5, 0.6) is 0 Å². The van der Waals surface area contributed by atoms with Gasteiger partial charge < -0.3 is 4.74 Å². The van der Waals surface area contributed by atoms with Crippen molar-refractivity contribution in [3.8, 4) is 16.8 Å². The first-order valence-corrected chi connectivity index (χ1v) is 11.2. The second kappa shape index (κ2) is 8.81. The van der Waals surface area contributed by atoms with Gasteiger partial charge in [-0.1, -0.05) is 24.3 Å². The quantitative estimate of drug-likeness (QED) is 0.423. The third kappa shape index (κ3) is 4.95. The summed E-state index contributed by atoms with van der Waals surface area (Å²) in [4.78, 5) is 11.9. The fourth-order valence-electron chi connectivity index (χ4n) is 3.35. The third-order valence-corrected chi connectivity index (χ3v) is 5.33. The van der Waals surface area contributed by atoms with Crippen LogP contribution in [0.1, 0.15) is 27.3 Å². The van der Waals surface area contributed by atoms with Gasteiger partial charge in [0.1, 0.15) is 0 Å². The molecule has 30 heavy (non-hydrogen) atoms. The standard InChI is InChI=1S/C22H24N2O5S/c1-15-21(18-6-5-7-19(14-18)22(25)28-3)16(2)24(23-15)20-10-8-17(9-11-20)12-13-29-30(4,26)27/h5-11,14H,12-13H2,1-4H3. The maximum absolute atomic E-state index is 11.9. The molecule has 7 nitrogen and oxygen atoms in total. The lowest BCUT2D eigenvalue weighted by Crippen LogP contribution is -2.06. The Morgan fingerprint density at radius 3 is 2.43 bits per heavy atom. The Kier molecular flexibility index (Phi) is 6.38. The molecule has 0 radical (unpaired) electrons. The number of esters is 1. The highest BCUT2D eigenvalue weighted by Gasteiger charge is 2.16. The molecule has 0 aliphatic carbocycles. The summed E-state index contributed by atoms with van der Waals surface area (Å²) in [5.74, 6) is -0.380. The zero-order valence-electron chi connectivity index (χ0n) is 17.4. The van der Waals surface area contributed by atoms with Crippen molar-refractivity contribution >= 4 is 16.1 Å². The highest BCUT2D eigenvalue weighted by Crippen LogP contribution is 2.29. The Labute approximate surface area is 176 Å². The fourth-order valence-corrected chi connectivity index (χ4v) is 3.73. The molecular weight excluding hydrogens is 404 g/mol. The Balaban J connectivity index is 1.86. The van der Waals surface area contributed by atoms with Crippen LogP contribution < -0.4 is 0 Å². The van der Waals surface area contributed by atoms with Crippen molar-refractivity contribution in [1.82, 2.24) is 9.78 Å². The highest BCUT2D eigenvalue weighted by atomic mass is 32.2. The summed E-state index contributed by atoms with van der Waals surface area (Å²) in [7, 11) is -2.07. The van der Waals surface area contributed by atoms with E-state index in [4.69, 9.17) is 8.92 Å². The number of rotatable bonds is 7. The number of aryl methyl sites for hydroxylation is 1. The van der Waals surface area contributed by atoms with Gasteiger partial charge in [-0.15, -0.1) is 0 Å². The lowest BCUT2D eigenvalue weighted by Gasteiger charge is -2.08. The highest BCUT2D eigenvalue weighted by molar-refractivity contribution is 7.85. The van der Waals surface area contributed by atoms with Gasteiger partial charge in [-0.3, -0.25) is 4.18 Å².